The molecule has 0 unspecified atom stereocenters. The summed E-state index contributed by atoms with van der Waals surface area (Å²) in [7, 11) is 0. The van der Waals surface area contributed by atoms with E-state index in [1.165, 1.54) is 5.56 Å². The van der Waals surface area contributed by atoms with Gasteiger partial charge in [-0.05, 0) is 71.2 Å². The summed E-state index contributed by atoms with van der Waals surface area (Å²) in [6.45, 7) is 8.81. The van der Waals surface area contributed by atoms with E-state index < -0.39 is 6.03 Å². The molecule has 0 bridgehead atoms. The Labute approximate surface area is 270 Å². The SMILES string of the molecule is CC(C)c1cccc(C(C)C)c1NC(=O)Nc1c(-c2cccc(OCCO)c2)c2cccnc2n(CCCc2ccccc2)c1=O. The molecule has 8 heteroatoms. The lowest BCUT2D eigenvalue weighted by atomic mass is 9.93. The first-order valence-electron chi connectivity index (χ1n) is 15.9. The molecule has 2 heterocycles. The third kappa shape index (κ3) is 7.29. The average molecular weight is 619 g/mol. The molecule has 46 heavy (non-hydrogen) atoms. The minimum absolute atomic E-state index is 0.126. The maximum absolute atomic E-state index is 14.4. The molecular formula is C38H42N4O4. The Morgan fingerprint density at radius 3 is 2.26 bits per heavy atom. The van der Waals surface area contributed by atoms with Crippen LogP contribution < -0.4 is 20.9 Å². The standard InChI is InChI=1S/C38H42N4O4/c1-25(2)30-17-9-18-31(26(3)4)34(30)40-38(45)41-35-33(28-15-8-16-29(24-28)46-23-22-43)32-19-10-20-39-36(32)42(37(35)44)21-11-14-27-12-6-5-7-13-27/h5-10,12-13,15-20,24-26,43H,11,14,21-23H2,1-4H3,(H2,40,41,45). The monoisotopic (exact) mass is 618 g/mol. The fraction of sp³-hybridized carbons (Fsp3) is 0.289. The molecule has 8 nitrogen and oxygen atoms in total. The number of aliphatic hydroxyl groups is 1. The smallest absolute Gasteiger partial charge is 0.323 e. The quantitative estimate of drug-likeness (QED) is 0.132. The normalized spacial score (nSPS) is 11.3. The number of rotatable bonds is 12. The van der Waals surface area contributed by atoms with Crippen LogP contribution in [0.25, 0.3) is 22.2 Å². The minimum atomic E-state index is -0.500. The molecule has 2 amide bonds. The Kier molecular flexibility index (Phi) is 10.5. The van der Waals surface area contributed by atoms with Crippen molar-refractivity contribution in [1.29, 1.82) is 0 Å². The number of fused-ring (bicyclic) bond motifs is 1. The number of hydrogen-bond donors (Lipinski definition) is 3. The molecule has 0 atom stereocenters. The molecule has 0 radical (unpaired) electrons. The minimum Gasteiger partial charge on any atom is -0.491 e. The first-order valence-corrected chi connectivity index (χ1v) is 15.9. The highest BCUT2D eigenvalue weighted by Crippen LogP contribution is 2.36. The van der Waals surface area contributed by atoms with Crippen LogP contribution >= 0.6 is 0 Å². The summed E-state index contributed by atoms with van der Waals surface area (Å²) < 4.78 is 7.36. The van der Waals surface area contributed by atoms with Crippen molar-refractivity contribution < 1.29 is 14.6 Å². The highest BCUT2D eigenvalue weighted by Gasteiger charge is 2.23. The van der Waals surface area contributed by atoms with Gasteiger partial charge in [0.25, 0.3) is 5.56 Å². The summed E-state index contributed by atoms with van der Waals surface area (Å²) in [4.78, 5) is 33.0. The summed E-state index contributed by atoms with van der Waals surface area (Å²) in [5, 5.41) is 16.1. The van der Waals surface area contributed by atoms with Crippen LogP contribution in [0.5, 0.6) is 5.75 Å². The predicted octanol–water partition coefficient (Wildman–Crippen LogP) is 7.96. The Bertz CT molecular complexity index is 1840. The van der Waals surface area contributed by atoms with Gasteiger partial charge in [0.05, 0.1) is 6.61 Å². The van der Waals surface area contributed by atoms with Crippen LogP contribution in [0.15, 0.2) is 95.9 Å². The number of aromatic nitrogens is 2. The van der Waals surface area contributed by atoms with Gasteiger partial charge in [-0.15, -0.1) is 0 Å². The lowest BCUT2D eigenvalue weighted by Gasteiger charge is -2.22. The summed E-state index contributed by atoms with van der Waals surface area (Å²) >= 11 is 0. The molecule has 0 aliphatic heterocycles. The van der Waals surface area contributed by atoms with E-state index in [4.69, 9.17) is 4.74 Å². The first kappa shape index (κ1) is 32.4. The molecule has 2 aromatic heterocycles. The fourth-order valence-electron chi connectivity index (χ4n) is 5.85. The zero-order chi connectivity index (χ0) is 32.6. The first-order chi connectivity index (χ1) is 22.3. The Morgan fingerprint density at radius 2 is 1.57 bits per heavy atom. The van der Waals surface area contributed by atoms with Gasteiger partial charge in [0.1, 0.15) is 23.7 Å². The van der Waals surface area contributed by atoms with E-state index in [9.17, 15) is 14.7 Å². The van der Waals surface area contributed by atoms with Crippen molar-refractivity contribution >= 4 is 28.4 Å². The van der Waals surface area contributed by atoms with E-state index in [1.807, 2.05) is 66.7 Å². The van der Waals surface area contributed by atoms with Crippen LogP contribution in [-0.4, -0.2) is 33.9 Å². The van der Waals surface area contributed by atoms with Crippen molar-refractivity contribution in [3.8, 4) is 16.9 Å². The molecule has 5 rings (SSSR count). The zero-order valence-electron chi connectivity index (χ0n) is 26.9. The fourth-order valence-corrected chi connectivity index (χ4v) is 5.85. The lowest BCUT2D eigenvalue weighted by molar-refractivity contribution is 0.201. The number of urea groups is 1. The molecule has 238 valence electrons. The van der Waals surface area contributed by atoms with Crippen molar-refractivity contribution in [3.63, 3.8) is 0 Å². The largest absolute Gasteiger partial charge is 0.491 e. The second-order valence-corrected chi connectivity index (χ2v) is 12.0. The number of aryl methyl sites for hydroxylation is 2. The summed E-state index contributed by atoms with van der Waals surface area (Å²) in [6, 6.07) is 26.8. The maximum Gasteiger partial charge on any atom is 0.323 e. The Morgan fingerprint density at radius 1 is 0.870 bits per heavy atom. The van der Waals surface area contributed by atoms with Crippen LogP contribution in [0.3, 0.4) is 0 Å². The van der Waals surface area contributed by atoms with E-state index in [1.54, 1.807) is 16.8 Å². The zero-order valence-corrected chi connectivity index (χ0v) is 26.9. The van der Waals surface area contributed by atoms with E-state index >= 15 is 0 Å². The van der Waals surface area contributed by atoms with Crippen molar-refractivity contribution in [3.05, 3.63) is 118 Å². The number of amides is 2. The molecule has 0 aliphatic rings. The van der Waals surface area contributed by atoms with Crippen molar-refractivity contribution in [1.82, 2.24) is 9.55 Å². The second kappa shape index (κ2) is 14.9. The third-order valence-electron chi connectivity index (χ3n) is 8.04. The van der Waals surface area contributed by atoms with Crippen molar-refractivity contribution in [2.75, 3.05) is 23.8 Å². The van der Waals surface area contributed by atoms with Gasteiger partial charge in [-0.2, -0.15) is 0 Å². The summed E-state index contributed by atoms with van der Waals surface area (Å²) in [5.74, 6) is 0.901. The van der Waals surface area contributed by atoms with Gasteiger partial charge in [0.15, 0.2) is 0 Å². The van der Waals surface area contributed by atoms with Gasteiger partial charge in [0.2, 0.25) is 0 Å². The molecule has 0 saturated heterocycles. The number of para-hydroxylation sites is 1. The van der Waals surface area contributed by atoms with Crippen LogP contribution in [0.1, 0.15) is 62.6 Å². The number of benzene rings is 3. The maximum atomic E-state index is 14.4. The van der Waals surface area contributed by atoms with Gasteiger partial charge in [-0.1, -0.05) is 88.4 Å². The Balaban J connectivity index is 1.62. The molecular weight excluding hydrogens is 576 g/mol. The van der Waals surface area contributed by atoms with Crippen molar-refractivity contribution in [2.45, 2.75) is 58.9 Å². The van der Waals surface area contributed by atoms with Crippen LogP contribution in [-0.2, 0) is 13.0 Å². The Hall–Kier alpha value is -4.95. The third-order valence-corrected chi connectivity index (χ3v) is 8.04. The predicted molar refractivity (Wildman–Crippen MR) is 186 cm³/mol. The molecule has 0 fully saturated rings. The number of nitrogens with one attached hydrogen (secondary N) is 2. The molecule has 0 saturated carbocycles. The number of carbonyl (C=O) groups is 1. The van der Waals surface area contributed by atoms with E-state index in [0.717, 1.165) is 28.6 Å². The van der Waals surface area contributed by atoms with Gasteiger partial charge < -0.3 is 20.5 Å². The van der Waals surface area contributed by atoms with Gasteiger partial charge in [-0.25, -0.2) is 9.78 Å². The number of anilines is 2. The molecule has 3 N–H and O–H groups in total. The number of carbonyl (C=O) groups excluding carboxylic acids is 1. The second-order valence-electron chi connectivity index (χ2n) is 12.0. The van der Waals surface area contributed by atoms with E-state index in [0.29, 0.717) is 35.5 Å². The van der Waals surface area contributed by atoms with Gasteiger partial charge >= 0.3 is 6.03 Å². The number of ether oxygens (including phenoxy) is 1. The number of aliphatic hydroxyl groups excluding tert-OH is 1. The average Bonchev–Trinajstić information content (AvgIpc) is 3.06. The highest BCUT2D eigenvalue weighted by atomic mass is 16.5. The van der Waals surface area contributed by atoms with Gasteiger partial charge in [0, 0.05) is 29.4 Å². The number of nitrogens with zero attached hydrogens (tertiary/aromatic N) is 2. The van der Waals surface area contributed by atoms with Gasteiger partial charge in [-0.3, -0.25) is 9.36 Å². The van der Waals surface area contributed by atoms with Crippen LogP contribution in [0, 0.1) is 0 Å². The topological polar surface area (TPSA) is 105 Å². The highest BCUT2D eigenvalue weighted by molar-refractivity contribution is 6.07. The molecule has 0 aliphatic carbocycles. The summed E-state index contributed by atoms with van der Waals surface area (Å²) in [5.41, 5.74) is 5.59. The molecule has 0 spiro atoms. The lowest BCUT2D eigenvalue weighted by Crippen LogP contribution is -2.30. The summed E-state index contributed by atoms with van der Waals surface area (Å²) in [6.07, 6.45) is 3.18. The van der Waals surface area contributed by atoms with Crippen LogP contribution in [0.2, 0.25) is 0 Å². The van der Waals surface area contributed by atoms with Crippen molar-refractivity contribution in [2.24, 2.45) is 0 Å². The molecule has 5 aromatic rings. The number of pyridine rings is 2. The van der Waals surface area contributed by atoms with E-state index in [2.05, 4.69) is 55.4 Å². The van der Waals surface area contributed by atoms with E-state index in [-0.39, 0.29) is 36.3 Å². The number of hydrogen-bond acceptors (Lipinski definition) is 5. The molecule has 3 aromatic carbocycles. The van der Waals surface area contributed by atoms with Crippen LogP contribution in [0.4, 0.5) is 16.2 Å².